The number of ether oxygens (including phenoxy) is 2. The summed E-state index contributed by atoms with van der Waals surface area (Å²) in [5.74, 6) is -0.0886. The van der Waals surface area contributed by atoms with Gasteiger partial charge in [0.2, 0.25) is 5.88 Å². The van der Waals surface area contributed by atoms with Crippen molar-refractivity contribution >= 4 is 17.7 Å². The second-order valence-electron chi connectivity index (χ2n) is 7.01. The van der Waals surface area contributed by atoms with Crippen molar-refractivity contribution in [2.75, 3.05) is 12.0 Å². The van der Waals surface area contributed by atoms with Crippen LogP contribution in [0.5, 0.6) is 5.88 Å². The average molecular weight is 430 g/mol. The molecule has 4 rings (SSSR count). The zero-order chi connectivity index (χ0) is 22.3. The molecule has 0 unspecified atom stereocenters. The van der Waals surface area contributed by atoms with E-state index in [2.05, 4.69) is 4.74 Å². The van der Waals surface area contributed by atoms with Crippen LogP contribution in [0, 0.1) is 0 Å². The number of halogens is 3. The predicted molar refractivity (Wildman–Crippen MR) is 106 cm³/mol. The fourth-order valence-electron chi connectivity index (χ4n) is 3.55. The van der Waals surface area contributed by atoms with E-state index in [9.17, 15) is 22.8 Å². The van der Waals surface area contributed by atoms with Gasteiger partial charge >= 0.3 is 12.3 Å². The molecular formula is C22H17F3N2O4. The predicted octanol–water partition coefficient (Wildman–Crippen LogP) is 5.02. The lowest BCUT2D eigenvalue weighted by Crippen LogP contribution is -2.22. The summed E-state index contributed by atoms with van der Waals surface area (Å²) in [4.78, 5) is 26.1. The molecule has 0 fully saturated rings. The van der Waals surface area contributed by atoms with Crippen LogP contribution in [0.15, 0.2) is 54.7 Å². The molecular weight excluding hydrogens is 413 g/mol. The maximum Gasteiger partial charge on any atom is 0.514 e. The number of amides is 1. The van der Waals surface area contributed by atoms with E-state index >= 15 is 0 Å². The van der Waals surface area contributed by atoms with Gasteiger partial charge in [0.15, 0.2) is 0 Å². The molecule has 9 heteroatoms. The average Bonchev–Trinajstić information content (AvgIpc) is 3.27. The Kier molecular flexibility index (Phi) is 4.96. The van der Waals surface area contributed by atoms with E-state index < -0.39 is 17.9 Å². The van der Waals surface area contributed by atoms with E-state index in [1.807, 2.05) is 0 Å². The van der Waals surface area contributed by atoms with Crippen molar-refractivity contribution in [3.8, 4) is 17.0 Å². The van der Waals surface area contributed by atoms with Crippen molar-refractivity contribution < 1.29 is 32.2 Å². The van der Waals surface area contributed by atoms with E-state index in [0.29, 0.717) is 22.4 Å². The number of methoxy groups -OCH3 is 1. The Balaban J connectivity index is 1.67. The van der Waals surface area contributed by atoms with Crippen molar-refractivity contribution in [2.45, 2.75) is 12.7 Å². The summed E-state index contributed by atoms with van der Waals surface area (Å²) in [6.45, 7) is 0.282. The molecule has 31 heavy (non-hydrogen) atoms. The van der Waals surface area contributed by atoms with E-state index in [4.69, 9.17) is 4.74 Å². The quantitative estimate of drug-likeness (QED) is 0.548. The normalized spacial score (nSPS) is 13.3. The zero-order valence-corrected chi connectivity index (χ0v) is 16.6. The summed E-state index contributed by atoms with van der Waals surface area (Å²) < 4.78 is 49.7. The third-order valence-electron chi connectivity index (χ3n) is 5.07. The number of alkyl halides is 3. The number of aryl methyl sites for hydroxylation is 1. The van der Waals surface area contributed by atoms with Gasteiger partial charge in [-0.15, -0.1) is 0 Å². The monoisotopic (exact) mass is 430 g/mol. The lowest BCUT2D eigenvalue weighted by Gasteiger charge is -2.13. The summed E-state index contributed by atoms with van der Waals surface area (Å²) in [7, 11) is 2.85. The van der Waals surface area contributed by atoms with Gasteiger partial charge in [-0.1, -0.05) is 30.3 Å². The van der Waals surface area contributed by atoms with Crippen molar-refractivity contribution in [3.63, 3.8) is 0 Å². The van der Waals surface area contributed by atoms with E-state index in [-0.39, 0.29) is 18.3 Å². The van der Waals surface area contributed by atoms with Gasteiger partial charge in [-0.3, -0.25) is 4.79 Å². The first-order valence-corrected chi connectivity index (χ1v) is 9.22. The lowest BCUT2D eigenvalue weighted by atomic mass is 9.96. The standard InChI is InChI=1S/C22H17F3N2O4/c1-26-12-16(10-18(26)31-21(29)30-2)27-11-14-4-3-5-17(19(14)20(27)28)13-6-8-15(9-7-13)22(23,24)25/h3-10,12H,11H2,1-2H3. The second kappa shape index (κ2) is 7.50. The first-order chi connectivity index (χ1) is 14.7. The van der Waals surface area contributed by atoms with E-state index in [1.54, 1.807) is 42.1 Å². The number of carbonyl (C=O) groups excluding carboxylic acids is 2. The van der Waals surface area contributed by atoms with Gasteiger partial charge in [0.25, 0.3) is 5.91 Å². The van der Waals surface area contributed by atoms with Gasteiger partial charge in [-0.25, -0.2) is 4.79 Å². The molecule has 0 radical (unpaired) electrons. The first kappa shape index (κ1) is 20.5. The molecule has 0 bridgehead atoms. The Morgan fingerprint density at radius 2 is 1.81 bits per heavy atom. The van der Waals surface area contributed by atoms with Crippen molar-refractivity contribution in [3.05, 3.63) is 71.4 Å². The van der Waals surface area contributed by atoms with Crippen molar-refractivity contribution in [1.82, 2.24) is 4.57 Å². The Morgan fingerprint density at radius 1 is 1.10 bits per heavy atom. The molecule has 0 N–H and O–H groups in total. The van der Waals surface area contributed by atoms with Gasteiger partial charge in [0, 0.05) is 19.3 Å². The fourth-order valence-corrected chi connectivity index (χ4v) is 3.55. The molecule has 1 aliphatic heterocycles. The summed E-state index contributed by atoms with van der Waals surface area (Å²) in [5.41, 5.74) is 2.02. The van der Waals surface area contributed by atoms with Crippen molar-refractivity contribution in [1.29, 1.82) is 0 Å². The Labute approximate surface area is 175 Å². The topological polar surface area (TPSA) is 60.8 Å². The fraction of sp³-hybridized carbons (Fsp3) is 0.182. The van der Waals surface area contributed by atoms with Crippen LogP contribution in [0.4, 0.5) is 23.7 Å². The minimum absolute atomic E-state index is 0.202. The molecule has 1 aliphatic rings. The molecule has 3 aromatic rings. The summed E-state index contributed by atoms with van der Waals surface area (Å²) in [6.07, 6.45) is -3.67. The van der Waals surface area contributed by atoms with Gasteiger partial charge in [0.1, 0.15) is 0 Å². The van der Waals surface area contributed by atoms with Crippen LogP contribution >= 0.6 is 0 Å². The number of fused-ring (bicyclic) bond motifs is 1. The SMILES string of the molecule is COC(=O)Oc1cc(N2Cc3cccc(-c4ccc(C(F)(F)F)cc4)c3C2=O)cn1C. The van der Waals surface area contributed by atoms with Gasteiger partial charge in [-0.05, 0) is 28.8 Å². The number of nitrogens with zero attached hydrogens (tertiary/aromatic N) is 2. The highest BCUT2D eigenvalue weighted by Gasteiger charge is 2.33. The minimum atomic E-state index is -4.43. The van der Waals surface area contributed by atoms with Crippen LogP contribution in [0.3, 0.4) is 0 Å². The van der Waals surface area contributed by atoms with Crippen LogP contribution in [-0.4, -0.2) is 23.7 Å². The van der Waals surface area contributed by atoms with Gasteiger partial charge < -0.3 is 18.9 Å². The smallest absolute Gasteiger partial charge is 0.437 e. The number of carbonyl (C=O) groups is 2. The molecule has 6 nitrogen and oxygen atoms in total. The third-order valence-corrected chi connectivity index (χ3v) is 5.07. The van der Waals surface area contributed by atoms with Gasteiger partial charge in [0.05, 0.1) is 30.5 Å². The maximum absolute atomic E-state index is 13.2. The van der Waals surface area contributed by atoms with Crippen LogP contribution in [0.1, 0.15) is 21.5 Å². The Morgan fingerprint density at radius 3 is 2.45 bits per heavy atom. The lowest BCUT2D eigenvalue weighted by molar-refractivity contribution is -0.137. The Hall–Kier alpha value is -3.75. The highest BCUT2D eigenvalue weighted by Crippen LogP contribution is 2.37. The molecule has 0 spiro atoms. The highest BCUT2D eigenvalue weighted by atomic mass is 19.4. The van der Waals surface area contributed by atoms with E-state index in [0.717, 1.165) is 17.7 Å². The van der Waals surface area contributed by atoms with Crippen molar-refractivity contribution in [2.24, 2.45) is 7.05 Å². The number of aromatic nitrogens is 1. The molecule has 2 heterocycles. The summed E-state index contributed by atoms with van der Waals surface area (Å²) in [5, 5.41) is 0. The number of benzene rings is 2. The third kappa shape index (κ3) is 3.74. The number of rotatable bonds is 3. The number of hydrogen-bond donors (Lipinski definition) is 0. The van der Waals surface area contributed by atoms with E-state index in [1.165, 1.54) is 24.1 Å². The number of hydrogen-bond acceptors (Lipinski definition) is 4. The summed E-state index contributed by atoms with van der Waals surface area (Å²) in [6, 6.07) is 11.5. The molecule has 1 aromatic heterocycles. The second-order valence-corrected chi connectivity index (χ2v) is 7.01. The van der Waals surface area contributed by atoms with Gasteiger partial charge in [-0.2, -0.15) is 13.2 Å². The highest BCUT2D eigenvalue weighted by molar-refractivity contribution is 6.14. The Bertz CT molecular complexity index is 1170. The molecule has 0 saturated carbocycles. The van der Waals surface area contributed by atoms with Crippen LogP contribution in [0.25, 0.3) is 11.1 Å². The molecule has 2 aromatic carbocycles. The molecule has 0 aliphatic carbocycles. The van der Waals surface area contributed by atoms with Crippen LogP contribution in [-0.2, 0) is 24.5 Å². The molecule has 160 valence electrons. The minimum Gasteiger partial charge on any atom is -0.437 e. The van der Waals surface area contributed by atoms with Crippen LogP contribution in [0.2, 0.25) is 0 Å². The largest absolute Gasteiger partial charge is 0.514 e. The zero-order valence-electron chi connectivity index (χ0n) is 16.6. The van der Waals surface area contributed by atoms with Crippen LogP contribution < -0.4 is 9.64 Å². The number of anilines is 1. The molecule has 0 atom stereocenters. The first-order valence-electron chi connectivity index (χ1n) is 9.22. The molecule has 1 amide bonds. The maximum atomic E-state index is 13.2. The summed E-state index contributed by atoms with van der Waals surface area (Å²) >= 11 is 0. The molecule has 0 saturated heterocycles.